The zero-order chi connectivity index (χ0) is 16.4. The average Bonchev–Trinajstić information content (AvgIpc) is 2.94. The Hall–Kier alpha value is -2.66. The van der Waals surface area contributed by atoms with Crippen LogP contribution in [0.4, 0.5) is 0 Å². The topological polar surface area (TPSA) is 73.1 Å². The maximum atomic E-state index is 12.8. The fourth-order valence-electron chi connectivity index (χ4n) is 2.73. The Morgan fingerprint density at radius 2 is 1.83 bits per heavy atom. The first-order chi connectivity index (χ1) is 11.1. The molecule has 0 saturated heterocycles. The van der Waals surface area contributed by atoms with Crippen molar-refractivity contribution in [2.45, 2.75) is 25.5 Å². The van der Waals surface area contributed by atoms with Crippen LogP contribution in [-0.2, 0) is 5.72 Å². The van der Waals surface area contributed by atoms with Crippen LogP contribution in [0.1, 0.15) is 35.7 Å². The van der Waals surface area contributed by atoms with Crippen LogP contribution in [0.3, 0.4) is 0 Å². The number of nitrogens with zero attached hydrogens (tertiary/aromatic N) is 2. The van der Waals surface area contributed by atoms with Gasteiger partial charge in [0.1, 0.15) is 5.75 Å². The van der Waals surface area contributed by atoms with Gasteiger partial charge in [-0.05, 0) is 18.6 Å². The quantitative estimate of drug-likeness (QED) is 0.915. The van der Waals surface area contributed by atoms with E-state index in [0.717, 1.165) is 10.7 Å². The van der Waals surface area contributed by atoms with Gasteiger partial charge in [0.05, 0.1) is 5.56 Å². The van der Waals surface area contributed by atoms with Gasteiger partial charge in [-0.15, -0.1) is 0 Å². The number of hydrogen-bond donors (Lipinski definition) is 2. The molecule has 0 saturated carbocycles. The van der Waals surface area contributed by atoms with Crippen LogP contribution in [0.5, 0.6) is 5.75 Å². The zero-order valence-corrected chi connectivity index (χ0v) is 12.8. The molecule has 0 spiro atoms. The van der Waals surface area contributed by atoms with E-state index in [9.17, 15) is 15.0 Å². The van der Waals surface area contributed by atoms with Crippen LogP contribution >= 0.6 is 0 Å². The van der Waals surface area contributed by atoms with Crippen LogP contribution in [0, 0.1) is 0 Å². The minimum atomic E-state index is -1.54. The molecular formula is C18H18N2O3. The second kappa shape index (κ2) is 5.85. The average molecular weight is 310 g/mol. The summed E-state index contributed by atoms with van der Waals surface area (Å²) in [5, 5.41) is 26.5. The second-order valence-electron chi connectivity index (χ2n) is 5.51. The molecule has 0 unspecified atom stereocenters. The number of hydrazone groups is 1. The molecule has 1 aliphatic heterocycles. The van der Waals surface area contributed by atoms with Crippen molar-refractivity contribution < 1.29 is 15.0 Å². The maximum absolute atomic E-state index is 12.8. The summed E-state index contributed by atoms with van der Waals surface area (Å²) < 4.78 is 0. The Morgan fingerprint density at radius 1 is 1.17 bits per heavy atom. The van der Waals surface area contributed by atoms with E-state index in [0.29, 0.717) is 12.0 Å². The van der Waals surface area contributed by atoms with Gasteiger partial charge in [-0.2, -0.15) is 10.1 Å². The van der Waals surface area contributed by atoms with Crippen LogP contribution in [0.25, 0.3) is 0 Å². The molecule has 3 rings (SSSR count). The van der Waals surface area contributed by atoms with Crippen LogP contribution in [0.2, 0.25) is 0 Å². The Bertz CT molecular complexity index is 758. The third-order valence-corrected chi connectivity index (χ3v) is 4.01. The van der Waals surface area contributed by atoms with Crippen molar-refractivity contribution >= 4 is 11.6 Å². The summed E-state index contributed by atoms with van der Waals surface area (Å²) in [4.78, 5) is 12.8. The van der Waals surface area contributed by atoms with E-state index in [-0.39, 0.29) is 17.7 Å². The minimum absolute atomic E-state index is 0.114. The summed E-state index contributed by atoms with van der Waals surface area (Å²) in [6.07, 6.45) is 0.895. The van der Waals surface area contributed by atoms with Crippen molar-refractivity contribution in [3.63, 3.8) is 0 Å². The molecule has 1 atom stereocenters. The maximum Gasteiger partial charge on any atom is 0.280 e. The van der Waals surface area contributed by atoms with Gasteiger partial charge in [-0.25, -0.2) is 0 Å². The second-order valence-corrected chi connectivity index (χ2v) is 5.51. The van der Waals surface area contributed by atoms with Gasteiger partial charge >= 0.3 is 0 Å². The first kappa shape index (κ1) is 15.2. The van der Waals surface area contributed by atoms with Crippen molar-refractivity contribution in [2.24, 2.45) is 5.10 Å². The number of carbonyl (C=O) groups excluding carboxylic acids is 1. The Balaban J connectivity index is 2.05. The summed E-state index contributed by atoms with van der Waals surface area (Å²) >= 11 is 0. The summed E-state index contributed by atoms with van der Waals surface area (Å²) in [5.74, 6) is -0.661. The molecule has 0 radical (unpaired) electrons. The zero-order valence-electron chi connectivity index (χ0n) is 12.8. The lowest BCUT2D eigenvalue weighted by Gasteiger charge is -2.31. The minimum Gasteiger partial charge on any atom is -0.507 e. The molecule has 5 nitrogen and oxygen atoms in total. The predicted molar refractivity (Wildman–Crippen MR) is 87.0 cm³/mol. The lowest BCUT2D eigenvalue weighted by molar-refractivity contribution is -0.0766. The number of aliphatic hydroxyl groups is 1. The first-order valence-electron chi connectivity index (χ1n) is 7.53. The molecule has 1 amide bonds. The molecule has 0 aromatic heterocycles. The fourth-order valence-corrected chi connectivity index (χ4v) is 2.73. The molecule has 0 aliphatic carbocycles. The third kappa shape index (κ3) is 2.59. The standard InChI is InChI=1S/C18H18N2O3/c1-2-14-12-18(23,13-8-4-3-5-9-13)20(19-14)17(22)15-10-6-7-11-16(15)21/h3-11,21,23H,2,12H2,1H3/t18-/m1/s1. The summed E-state index contributed by atoms with van der Waals surface area (Å²) in [6, 6.07) is 15.2. The number of rotatable bonds is 3. The van der Waals surface area contributed by atoms with Gasteiger partial charge in [-0.3, -0.25) is 4.79 Å². The Labute approximate surface area is 134 Å². The van der Waals surface area contributed by atoms with E-state index in [4.69, 9.17) is 0 Å². The summed E-state index contributed by atoms with van der Waals surface area (Å²) in [7, 11) is 0. The first-order valence-corrected chi connectivity index (χ1v) is 7.53. The van der Waals surface area contributed by atoms with Crippen LogP contribution < -0.4 is 0 Å². The number of para-hydroxylation sites is 1. The van der Waals surface area contributed by atoms with Crippen LogP contribution in [0.15, 0.2) is 59.7 Å². The normalized spacial score (nSPS) is 20.4. The number of benzene rings is 2. The molecule has 2 N–H and O–H groups in total. The highest BCUT2D eigenvalue weighted by Gasteiger charge is 2.46. The number of carbonyl (C=O) groups is 1. The van der Waals surface area contributed by atoms with Gasteiger partial charge in [0, 0.05) is 17.7 Å². The Morgan fingerprint density at radius 3 is 2.48 bits per heavy atom. The van der Waals surface area contributed by atoms with E-state index in [1.54, 1.807) is 36.4 Å². The number of phenols is 1. The smallest absolute Gasteiger partial charge is 0.280 e. The van der Waals surface area contributed by atoms with Crippen molar-refractivity contribution in [2.75, 3.05) is 0 Å². The highest BCUT2D eigenvalue weighted by atomic mass is 16.3. The van der Waals surface area contributed by atoms with Gasteiger partial charge in [0.15, 0.2) is 5.72 Å². The molecule has 1 heterocycles. The third-order valence-electron chi connectivity index (χ3n) is 4.01. The van der Waals surface area contributed by atoms with Crippen molar-refractivity contribution in [3.05, 3.63) is 65.7 Å². The SMILES string of the molecule is CCC1=NN(C(=O)c2ccccc2O)[C@](O)(c2ccccc2)C1. The number of aromatic hydroxyl groups is 1. The number of amides is 1. The van der Waals surface area contributed by atoms with Crippen LogP contribution in [-0.4, -0.2) is 26.8 Å². The molecule has 23 heavy (non-hydrogen) atoms. The van der Waals surface area contributed by atoms with Crippen molar-refractivity contribution in [1.82, 2.24) is 5.01 Å². The van der Waals surface area contributed by atoms with Gasteiger partial charge in [-0.1, -0.05) is 49.4 Å². The van der Waals surface area contributed by atoms with Gasteiger partial charge in [0.25, 0.3) is 5.91 Å². The molecular weight excluding hydrogens is 292 g/mol. The summed E-state index contributed by atoms with van der Waals surface area (Å²) in [6.45, 7) is 1.93. The van der Waals surface area contributed by atoms with E-state index < -0.39 is 11.6 Å². The molecule has 2 aromatic rings. The number of hydrogen-bond acceptors (Lipinski definition) is 4. The van der Waals surface area contributed by atoms with E-state index >= 15 is 0 Å². The number of phenolic OH excluding ortho intramolecular Hbond substituents is 1. The lowest BCUT2D eigenvalue weighted by Crippen LogP contribution is -2.43. The highest BCUT2D eigenvalue weighted by Crippen LogP contribution is 2.37. The van der Waals surface area contributed by atoms with Gasteiger partial charge in [0.2, 0.25) is 0 Å². The lowest BCUT2D eigenvalue weighted by atomic mass is 9.96. The fraction of sp³-hybridized carbons (Fsp3) is 0.222. The van der Waals surface area contributed by atoms with Gasteiger partial charge < -0.3 is 10.2 Å². The molecule has 118 valence electrons. The highest BCUT2D eigenvalue weighted by molar-refractivity contribution is 6.00. The monoisotopic (exact) mass is 310 g/mol. The molecule has 1 aliphatic rings. The van der Waals surface area contributed by atoms with E-state index in [1.807, 2.05) is 13.0 Å². The predicted octanol–water partition coefficient (Wildman–Crippen LogP) is 2.85. The molecule has 0 bridgehead atoms. The van der Waals surface area contributed by atoms with E-state index in [2.05, 4.69) is 5.10 Å². The molecule has 2 aromatic carbocycles. The van der Waals surface area contributed by atoms with Crippen molar-refractivity contribution in [3.8, 4) is 5.75 Å². The van der Waals surface area contributed by atoms with Crippen molar-refractivity contribution in [1.29, 1.82) is 0 Å². The summed E-state index contributed by atoms with van der Waals surface area (Å²) in [5.41, 5.74) is -0.0922. The Kier molecular flexibility index (Phi) is 3.88. The largest absolute Gasteiger partial charge is 0.507 e. The van der Waals surface area contributed by atoms with E-state index in [1.165, 1.54) is 12.1 Å². The molecule has 5 heteroatoms. The molecule has 0 fully saturated rings.